The van der Waals surface area contributed by atoms with Gasteiger partial charge in [-0.15, -0.1) is 0 Å². The second kappa shape index (κ2) is 5.92. The van der Waals surface area contributed by atoms with Crippen molar-refractivity contribution in [2.24, 2.45) is 0 Å². The maximum Gasteiger partial charge on any atom is 0.119 e. The Bertz CT molecular complexity index is 337. The molecule has 1 aliphatic rings. The van der Waals surface area contributed by atoms with Crippen molar-refractivity contribution >= 4 is 5.69 Å². The Morgan fingerprint density at radius 2 is 2.12 bits per heavy atom. The van der Waals surface area contributed by atoms with Gasteiger partial charge < -0.3 is 14.8 Å². The molecular weight excluding hydrogens is 214 g/mol. The zero-order valence-corrected chi connectivity index (χ0v) is 10.6. The minimum absolute atomic E-state index is 0.365. The van der Waals surface area contributed by atoms with Gasteiger partial charge in [-0.25, -0.2) is 0 Å². The van der Waals surface area contributed by atoms with Crippen molar-refractivity contribution in [2.45, 2.75) is 38.8 Å². The zero-order chi connectivity index (χ0) is 12.1. The standard InChI is InChI=1S/C14H21NO2/c1-3-16-14-6-4-12(5-7-14)15-13-8-9-17-11(2)10-13/h4-7,11,13,15H,3,8-10H2,1-2H3. The summed E-state index contributed by atoms with van der Waals surface area (Å²) in [6, 6.07) is 8.69. The van der Waals surface area contributed by atoms with Crippen LogP contribution in [0.25, 0.3) is 0 Å². The van der Waals surface area contributed by atoms with Crippen LogP contribution in [-0.2, 0) is 4.74 Å². The summed E-state index contributed by atoms with van der Waals surface area (Å²) in [6.45, 7) is 5.70. The molecule has 1 aromatic rings. The monoisotopic (exact) mass is 235 g/mol. The third kappa shape index (κ3) is 3.63. The van der Waals surface area contributed by atoms with Crippen LogP contribution in [0, 0.1) is 0 Å². The van der Waals surface area contributed by atoms with E-state index in [4.69, 9.17) is 9.47 Å². The normalized spacial score (nSPS) is 24.4. The molecule has 0 radical (unpaired) electrons. The van der Waals surface area contributed by atoms with Gasteiger partial charge in [-0.1, -0.05) is 0 Å². The third-order valence-electron chi connectivity index (χ3n) is 3.02. The van der Waals surface area contributed by atoms with Gasteiger partial charge in [-0.2, -0.15) is 0 Å². The van der Waals surface area contributed by atoms with Crippen LogP contribution in [0.4, 0.5) is 5.69 Å². The molecule has 3 heteroatoms. The minimum Gasteiger partial charge on any atom is -0.494 e. The first-order valence-corrected chi connectivity index (χ1v) is 6.39. The topological polar surface area (TPSA) is 30.5 Å². The quantitative estimate of drug-likeness (QED) is 0.870. The van der Waals surface area contributed by atoms with Crippen LogP contribution in [0.2, 0.25) is 0 Å². The van der Waals surface area contributed by atoms with Gasteiger partial charge in [0.1, 0.15) is 5.75 Å². The Balaban J connectivity index is 1.89. The van der Waals surface area contributed by atoms with Crippen molar-refractivity contribution in [2.75, 3.05) is 18.5 Å². The first kappa shape index (κ1) is 12.2. The smallest absolute Gasteiger partial charge is 0.119 e. The molecule has 3 nitrogen and oxygen atoms in total. The third-order valence-corrected chi connectivity index (χ3v) is 3.02. The summed E-state index contributed by atoms with van der Waals surface area (Å²) in [5, 5.41) is 3.55. The van der Waals surface area contributed by atoms with Gasteiger partial charge in [-0.05, 0) is 51.0 Å². The lowest BCUT2D eigenvalue weighted by atomic mass is 10.0. The number of nitrogens with one attached hydrogen (secondary N) is 1. The van der Waals surface area contributed by atoms with E-state index in [1.54, 1.807) is 0 Å². The molecule has 17 heavy (non-hydrogen) atoms. The first-order valence-electron chi connectivity index (χ1n) is 6.39. The fourth-order valence-corrected chi connectivity index (χ4v) is 2.18. The maximum atomic E-state index is 5.54. The lowest BCUT2D eigenvalue weighted by Crippen LogP contribution is -2.32. The summed E-state index contributed by atoms with van der Waals surface area (Å²) in [5.41, 5.74) is 1.16. The van der Waals surface area contributed by atoms with Crippen LogP contribution in [0.3, 0.4) is 0 Å². The summed E-state index contributed by atoms with van der Waals surface area (Å²) in [7, 11) is 0. The number of benzene rings is 1. The fourth-order valence-electron chi connectivity index (χ4n) is 2.18. The molecule has 1 N–H and O–H groups in total. The number of anilines is 1. The molecule has 2 atom stereocenters. The van der Waals surface area contributed by atoms with Crippen LogP contribution in [0.1, 0.15) is 26.7 Å². The fraction of sp³-hybridized carbons (Fsp3) is 0.571. The predicted molar refractivity (Wildman–Crippen MR) is 69.7 cm³/mol. The highest BCUT2D eigenvalue weighted by Crippen LogP contribution is 2.20. The summed E-state index contributed by atoms with van der Waals surface area (Å²) < 4.78 is 11.0. The van der Waals surface area contributed by atoms with Crippen LogP contribution >= 0.6 is 0 Å². The molecule has 0 bridgehead atoms. The molecular formula is C14H21NO2. The Hall–Kier alpha value is -1.22. The van der Waals surface area contributed by atoms with E-state index < -0.39 is 0 Å². The van der Waals surface area contributed by atoms with E-state index >= 15 is 0 Å². The Labute approximate surface area is 103 Å². The van der Waals surface area contributed by atoms with E-state index in [1.165, 1.54) is 0 Å². The Kier molecular flexibility index (Phi) is 4.26. The van der Waals surface area contributed by atoms with Crippen LogP contribution in [-0.4, -0.2) is 25.4 Å². The van der Waals surface area contributed by atoms with Crippen molar-refractivity contribution < 1.29 is 9.47 Å². The highest BCUT2D eigenvalue weighted by atomic mass is 16.5. The number of hydrogen-bond acceptors (Lipinski definition) is 3. The molecule has 1 saturated heterocycles. The minimum atomic E-state index is 0.365. The average Bonchev–Trinajstić information content (AvgIpc) is 2.32. The van der Waals surface area contributed by atoms with E-state index in [-0.39, 0.29) is 0 Å². The molecule has 0 aliphatic carbocycles. The average molecular weight is 235 g/mol. The lowest BCUT2D eigenvalue weighted by molar-refractivity contribution is 0.0232. The van der Waals surface area contributed by atoms with Gasteiger partial charge in [0, 0.05) is 18.3 Å². The van der Waals surface area contributed by atoms with Gasteiger partial charge >= 0.3 is 0 Å². The SMILES string of the molecule is CCOc1ccc(NC2CCOC(C)C2)cc1. The molecule has 2 unspecified atom stereocenters. The Morgan fingerprint density at radius 1 is 1.35 bits per heavy atom. The van der Waals surface area contributed by atoms with Crippen molar-refractivity contribution in [1.82, 2.24) is 0 Å². The van der Waals surface area contributed by atoms with E-state index in [0.717, 1.165) is 30.9 Å². The first-order chi connectivity index (χ1) is 8.28. The zero-order valence-electron chi connectivity index (χ0n) is 10.6. The summed E-state index contributed by atoms with van der Waals surface area (Å²) >= 11 is 0. The molecule has 1 heterocycles. The number of hydrogen-bond donors (Lipinski definition) is 1. The molecule has 1 fully saturated rings. The highest BCUT2D eigenvalue weighted by molar-refractivity contribution is 5.47. The second-order valence-corrected chi connectivity index (χ2v) is 4.50. The van der Waals surface area contributed by atoms with Crippen molar-refractivity contribution in [3.8, 4) is 5.75 Å². The number of ether oxygens (including phenoxy) is 2. The molecule has 0 saturated carbocycles. The van der Waals surface area contributed by atoms with Gasteiger partial charge in [-0.3, -0.25) is 0 Å². The van der Waals surface area contributed by atoms with Crippen molar-refractivity contribution in [3.63, 3.8) is 0 Å². The van der Waals surface area contributed by atoms with E-state index in [2.05, 4.69) is 24.4 Å². The van der Waals surface area contributed by atoms with Crippen LogP contribution in [0.5, 0.6) is 5.75 Å². The van der Waals surface area contributed by atoms with Crippen molar-refractivity contribution in [3.05, 3.63) is 24.3 Å². The van der Waals surface area contributed by atoms with Gasteiger partial charge in [0.2, 0.25) is 0 Å². The molecule has 2 rings (SSSR count). The molecule has 0 amide bonds. The van der Waals surface area contributed by atoms with Crippen LogP contribution in [0.15, 0.2) is 24.3 Å². The van der Waals surface area contributed by atoms with E-state index in [1.807, 2.05) is 19.1 Å². The van der Waals surface area contributed by atoms with Gasteiger partial charge in [0.05, 0.1) is 12.7 Å². The van der Waals surface area contributed by atoms with Gasteiger partial charge in [0.25, 0.3) is 0 Å². The van der Waals surface area contributed by atoms with E-state index in [9.17, 15) is 0 Å². The molecule has 0 spiro atoms. The Morgan fingerprint density at radius 3 is 2.76 bits per heavy atom. The molecule has 94 valence electrons. The van der Waals surface area contributed by atoms with Gasteiger partial charge in [0.15, 0.2) is 0 Å². The molecule has 1 aliphatic heterocycles. The van der Waals surface area contributed by atoms with E-state index in [0.29, 0.717) is 18.8 Å². The second-order valence-electron chi connectivity index (χ2n) is 4.50. The lowest BCUT2D eigenvalue weighted by Gasteiger charge is -2.28. The summed E-state index contributed by atoms with van der Waals surface area (Å²) in [5.74, 6) is 0.929. The molecule has 0 aromatic heterocycles. The summed E-state index contributed by atoms with van der Waals surface area (Å²) in [4.78, 5) is 0. The molecule has 1 aromatic carbocycles. The largest absolute Gasteiger partial charge is 0.494 e. The number of rotatable bonds is 4. The highest BCUT2D eigenvalue weighted by Gasteiger charge is 2.18. The van der Waals surface area contributed by atoms with Crippen molar-refractivity contribution in [1.29, 1.82) is 0 Å². The predicted octanol–water partition coefficient (Wildman–Crippen LogP) is 3.06. The van der Waals surface area contributed by atoms with Crippen LogP contribution < -0.4 is 10.1 Å². The summed E-state index contributed by atoms with van der Waals surface area (Å²) in [6.07, 6.45) is 2.52. The maximum absolute atomic E-state index is 5.54.